The van der Waals surface area contributed by atoms with E-state index in [4.69, 9.17) is 5.73 Å². The molecule has 0 amide bonds. The second kappa shape index (κ2) is 5.38. The molecule has 3 nitrogen and oxygen atoms in total. The molecular weight excluding hydrogens is 230 g/mol. The van der Waals surface area contributed by atoms with Crippen LogP contribution in [-0.4, -0.2) is 22.4 Å². The Bertz CT molecular complexity index is 488. The van der Waals surface area contributed by atoms with Crippen LogP contribution in [0.3, 0.4) is 0 Å². The fourth-order valence-corrected chi connectivity index (χ4v) is 2.25. The van der Waals surface area contributed by atoms with Crippen molar-refractivity contribution in [2.45, 2.75) is 11.3 Å². The van der Waals surface area contributed by atoms with E-state index in [0.29, 0.717) is 6.54 Å². The van der Waals surface area contributed by atoms with Crippen LogP contribution < -0.4 is 5.73 Å². The highest BCUT2D eigenvalue weighted by molar-refractivity contribution is 7.98. The first-order valence-electron chi connectivity index (χ1n) is 5.61. The molecule has 0 bridgehead atoms. The van der Waals surface area contributed by atoms with Crippen molar-refractivity contribution in [3.05, 3.63) is 36.3 Å². The minimum atomic E-state index is 0.635. The molecule has 2 rings (SSSR count). The van der Waals surface area contributed by atoms with E-state index in [1.54, 1.807) is 11.8 Å². The van der Waals surface area contributed by atoms with Crippen LogP contribution in [0.2, 0.25) is 0 Å². The third kappa shape index (κ3) is 2.53. The minimum absolute atomic E-state index is 0.635. The van der Waals surface area contributed by atoms with Crippen LogP contribution in [0.15, 0.2) is 35.4 Å². The van der Waals surface area contributed by atoms with Gasteiger partial charge in [0.1, 0.15) is 5.82 Å². The van der Waals surface area contributed by atoms with Crippen LogP contribution in [0.1, 0.15) is 5.82 Å². The lowest BCUT2D eigenvalue weighted by Crippen LogP contribution is -2.08. The molecule has 0 aliphatic heterocycles. The molecule has 1 aromatic heterocycles. The van der Waals surface area contributed by atoms with Gasteiger partial charge in [-0.1, -0.05) is 12.1 Å². The number of hydrogen-bond donors (Lipinski definition) is 1. The van der Waals surface area contributed by atoms with Crippen molar-refractivity contribution in [3.8, 4) is 11.3 Å². The third-order valence-electron chi connectivity index (χ3n) is 2.84. The molecule has 4 heteroatoms. The lowest BCUT2D eigenvalue weighted by atomic mass is 10.2. The summed E-state index contributed by atoms with van der Waals surface area (Å²) in [6, 6.07) is 8.54. The molecule has 0 radical (unpaired) electrons. The molecule has 0 spiro atoms. The molecule has 2 aromatic rings. The first-order chi connectivity index (χ1) is 8.26. The molecule has 0 saturated heterocycles. The number of benzene rings is 1. The highest BCUT2D eigenvalue weighted by atomic mass is 32.2. The summed E-state index contributed by atoms with van der Waals surface area (Å²) in [7, 11) is 2.04. The van der Waals surface area contributed by atoms with Crippen molar-refractivity contribution in [2.24, 2.45) is 12.8 Å². The molecule has 0 unspecified atom stereocenters. The highest BCUT2D eigenvalue weighted by Gasteiger charge is 2.07. The molecule has 0 aliphatic carbocycles. The average Bonchev–Trinajstić information content (AvgIpc) is 2.72. The predicted octanol–water partition coefficient (Wildman–Crippen LogP) is 2.31. The third-order valence-corrected chi connectivity index (χ3v) is 3.58. The van der Waals surface area contributed by atoms with Gasteiger partial charge in [-0.05, 0) is 30.5 Å². The summed E-state index contributed by atoms with van der Waals surface area (Å²) in [5.41, 5.74) is 7.89. The first-order valence-corrected chi connectivity index (χ1v) is 6.84. The largest absolute Gasteiger partial charge is 0.331 e. The van der Waals surface area contributed by atoms with E-state index in [0.717, 1.165) is 17.9 Å². The van der Waals surface area contributed by atoms with E-state index >= 15 is 0 Å². The van der Waals surface area contributed by atoms with Gasteiger partial charge in [0.25, 0.3) is 0 Å². The SMILES string of the molecule is CSc1ccc(-c2cnc(CCN)n2C)cc1. The second-order valence-electron chi connectivity index (χ2n) is 3.89. The highest BCUT2D eigenvalue weighted by Crippen LogP contribution is 2.23. The first kappa shape index (κ1) is 12.2. The quantitative estimate of drug-likeness (QED) is 0.843. The zero-order valence-corrected chi connectivity index (χ0v) is 11.0. The van der Waals surface area contributed by atoms with E-state index in [2.05, 4.69) is 40.1 Å². The summed E-state index contributed by atoms with van der Waals surface area (Å²) >= 11 is 1.75. The number of thioether (sulfide) groups is 1. The summed E-state index contributed by atoms with van der Waals surface area (Å²) in [4.78, 5) is 5.68. The molecule has 1 heterocycles. The van der Waals surface area contributed by atoms with Crippen LogP contribution in [0.4, 0.5) is 0 Å². The Kier molecular flexibility index (Phi) is 3.86. The standard InChI is InChI=1S/C13H17N3S/c1-16-12(9-15-13(16)7-8-14)10-3-5-11(17-2)6-4-10/h3-6,9H,7-8,14H2,1-2H3. The lowest BCUT2D eigenvalue weighted by Gasteiger charge is -2.06. The molecular formula is C13H17N3S. The number of hydrogen-bond acceptors (Lipinski definition) is 3. The van der Waals surface area contributed by atoms with E-state index in [9.17, 15) is 0 Å². The van der Waals surface area contributed by atoms with Crippen LogP contribution >= 0.6 is 11.8 Å². The maximum Gasteiger partial charge on any atom is 0.110 e. The van der Waals surface area contributed by atoms with Gasteiger partial charge in [0.15, 0.2) is 0 Å². The van der Waals surface area contributed by atoms with Crippen molar-refractivity contribution in [1.29, 1.82) is 0 Å². The molecule has 0 atom stereocenters. The average molecular weight is 247 g/mol. The summed E-state index contributed by atoms with van der Waals surface area (Å²) in [6.45, 7) is 0.635. The van der Waals surface area contributed by atoms with Crippen molar-refractivity contribution in [2.75, 3.05) is 12.8 Å². The molecule has 0 aliphatic rings. The Labute approximate surface area is 106 Å². The maximum atomic E-state index is 5.56. The van der Waals surface area contributed by atoms with Gasteiger partial charge >= 0.3 is 0 Å². The van der Waals surface area contributed by atoms with Crippen LogP contribution in [-0.2, 0) is 13.5 Å². The van der Waals surface area contributed by atoms with Crippen LogP contribution in [0.5, 0.6) is 0 Å². The van der Waals surface area contributed by atoms with Gasteiger partial charge in [-0.15, -0.1) is 11.8 Å². The van der Waals surface area contributed by atoms with Crippen LogP contribution in [0, 0.1) is 0 Å². The zero-order valence-electron chi connectivity index (χ0n) is 10.2. The monoisotopic (exact) mass is 247 g/mol. The van der Waals surface area contributed by atoms with Gasteiger partial charge < -0.3 is 10.3 Å². The van der Waals surface area contributed by atoms with Gasteiger partial charge in [-0.25, -0.2) is 4.98 Å². The summed E-state index contributed by atoms with van der Waals surface area (Å²) in [5, 5.41) is 0. The maximum absolute atomic E-state index is 5.56. The van der Waals surface area contributed by atoms with Gasteiger partial charge in [-0.2, -0.15) is 0 Å². The molecule has 90 valence electrons. The zero-order chi connectivity index (χ0) is 12.3. The Morgan fingerprint density at radius 2 is 2.00 bits per heavy atom. The Balaban J connectivity index is 2.32. The Morgan fingerprint density at radius 3 is 2.59 bits per heavy atom. The summed E-state index contributed by atoms with van der Waals surface area (Å²) < 4.78 is 2.11. The minimum Gasteiger partial charge on any atom is -0.331 e. The number of imidazole rings is 1. The molecule has 0 fully saturated rings. The van der Waals surface area contributed by atoms with Gasteiger partial charge in [0.2, 0.25) is 0 Å². The Morgan fingerprint density at radius 1 is 1.29 bits per heavy atom. The second-order valence-corrected chi connectivity index (χ2v) is 4.77. The number of nitrogens with two attached hydrogens (primary N) is 1. The molecule has 2 N–H and O–H groups in total. The molecule has 0 saturated carbocycles. The van der Waals surface area contributed by atoms with Crippen molar-refractivity contribution in [1.82, 2.24) is 9.55 Å². The van der Waals surface area contributed by atoms with E-state index in [-0.39, 0.29) is 0 Å². The Hall–Kier alpha value is -1.26. The van der Waals surface area contributed by atoms with Gasteiger partial charge in [-0.3, -0.25) is 0 Å². The predicted molar refractivity (Wildman–Crippen MR) is 73.2 cm³/mol. The van der Waals surface area contributed by atoms with Crippen molar-refractivity contribution in [3.63, 3.8) is 0 Å². The van der Waals surface area contributed by atoms with Gasteiger partial charge in [0.05, 0.1) is 11.9 Å². The summed E-state index contributed by atoms with van der Waals surface area (Å²) in [5.74, 6) is 1.04. The van der Waals surface area contributed by atoms with E-state index in [1.165, 1.54) is 10.5 Å². The smallest absolute Gasteiger partial charge is 0.110 e. The fraction of sp³-hybridized carbons (Fsp3) is 0.308. The van der Waals surface area contributed by atoms with Crippen LogP contribution in [0.25, 0.3) is 11.3 Å². The van der Waals surface area contributed by atoms with E-state index < -0.39 is 0 Å². The topological polar surface area (TPSA) is 43.8 Å². The summed E-state index contributed by atoms with van der Waals surface area (Å²) in [6.07, 6.45) is 4.82. The van der Waals surface area contributed by atoms with Crippen molar-refractivity contribution >= 4 is 11.8 Å². The normalized spacial score (nSPS) is 10.8. The van der Waals surface area contributed by atoms with Crippen molar-refractivity contribution < 1.29 is 0 Å². The number of aromatic nitrogens is 2. The number of nitrogens with zero attached hydrogens (tertiary/aromatic N) is 2. The molecule has 1 aromatic carbocycles. The fourth-order valence-electron chi connectivity index (χ4n) is 1.84. The van der Waals surface area contributed by atoms with E-state index in [1.807, 2.05) is 13.2 Å². The van der Waals surface area contributed by atoms with Gasteiger partial charge in [0, 0.05) is 18.4 Å². The molecule has 17 heavy (non-hydrogen) atoms. The number of rotatable bonds is 4. The lowest BCUT2D eigenvalue weighted by molar-refractivity contribution is 0.782.